The summed E-state index contributed by atoms with van der Waals surface area (Å²) in [5.74, 6) is 0. The van der Waals surface area contributed by atoms with Gasteiger partial charge in [-0.05, 0) is 0 Å². The van der Waals surface area contributed by atoms with Gasteiger partial charge in [0.15, 0.2) is 0 Å². The Morgan fingerprint density at radius 3 is 2.64 bits per heavy atom. The van der Waals surface area contributed by atoms with Crippen molar-refractivity contribution in [2.24, 2.45) is 0 Å². The first-order chi connectivity index (χ1) is 5.43. The Bertz CT molecular complexity index is 208. The van der Waals surface area contributed by atoms with E-state index in [1.54, 1.807) is 0 Å². The van der Waals surface area contributed by atoms with Gasteiger partial charge in [0.1, 0.15) is 0 Å². The van der Waals surface area contributed by atoms with Crippen molar-refractivity contribution in [1.29, 1.82) is 0 Å². The predicted molar refractivity (Wildman–Crippen MR) is 46.9 cm³/mol. The van der Waals surface area contributed by atoms with Gasteiger partial charge in [0.05, 0.1) is 0 Å². The van der Waals surface area contributed by atoms with Crippen molar-refractivity contribution < 1.29 is 4.79 Å². The summed E-state index contributed by atoms with van der Waals surface area (Å²) in [4.78, 5) is 9.88. The molecule has 1 rings (SSSR count). The van der Waals surface area contributed by atoms with Crippen LogP contribution in [0.5, 0.6) is 0 Å². The van der Waals surface area contributed by atoms with Crippen molar-refractivity contribution in [3.8, 4) is 0 Å². The van der Waals surface area contributed by atoms with Gasteiger partial charge in [-0.25, -0.2) is 0 Å². The Kier molecular flexibility index (Phi) is 3.95. The summed E-state index contributed by atoms with van der Waals surface area (Å²) in [6.45, 7) is 0. The van der Waals surface area contributed by atoms with Crippen molar-refractivity contribution in [3.63, 3.8) is 0 Å². The van der Waals surface area contributed by atoms with Crippen LogP contribution in [-0.4, -0.2) is 21.2 Å². The van der Waals surface area contributed by atoms with Crippen molar-refractivity contribution in [3.05, 3.63) is 30.3 Å². The average molecular weight is 212 g/mol. The average Bonchev–Trinajstić information content (AvgIpc) is 2.07. The molecule has 2 heteroatoms. The molecule has 0 fully saturated rings. The first-order valence-corrected chi connectivity index (χ1v) is 5.53. The Hall–Kier alpha value is -0.591. The molecule has 1 aromatic rings. The van der Waals surface area contributed by atoms with E-state index in [0.29, 0.717) is 21.4 Å². The third-order valence-corrected chi connectivity index (χ3v) is 3.34. The third kappa shape index (κ3) is 3.35. The molecule has 0 bridgehead atoms. The maximum absolute atomic E-state index is 9.88. The molecule has 0 aromatic heterocycles. The van der Waals surface area contributed by atoms with E-state index >= 15 is 0 Å². The van der Waals surface area contributed by atoms with E-state index in [1.165, 1.54) is 4.46 Å². The molecule has 11 heavy (non-hydrogen) atoms. The molecule has 57 valence electrons. The monoisotopic (exact) mass is 213 g/mol. The van der Waals surface area contributed by atoms with E-state index < -0.39 is 0 Å². The topological polar surface area (TPSA) is 17.1 Å². The molecule has 0 saturated carbocycles. The summed E-state index contributed by atoms with van der Waals surface area (Å²) in [5, 5.41) is 0.973. The number of rotatable bonds is 4. The second kappa shape index (κ2) is 5.11. The Labute approximate surface area is 73.0 Å². The van der Waals surface area contributed by atoms with E-state index in [0.717, 1.165) is 5.32 Å². The fourth-order valence-electron chi connectivity index (χ4n) is 0.727. The van der Waals surface area contributed by atoms with Crippen molar-refractivity contribution in [1.82, 2.24) is 0 Å². The van der Waals surface area contributed by atoms with Crippen molar-refractivity contribution in [2.75, 3.05) is 0 Å². The molecule has 0 N–H and O–H groups in total. The van der Waals surface area contributed by atoms with Crippen LogP contribution in [0.4, 0.5) is 0 Å². The van der Waals surface area contributed by atoms with Gasteiger partial charge >= 0.3 is 72.6 Å². The molecule has 0 aliphatic carbocycles. The van der Waals surface area contributed by atoms with Crippen LogP contribution >= 0.6 is 0 Å². The number of hydrogen-bond donors (Lipinski definition) is 0. The molecular weight excluding hydrogens is 203 g/mol. The van der Waals surface area contributed by atoms with Gasteiger partial charge < -0.3 is 0 Å². The molecule has 1 nitrogen and oxygen atoms in total. The first kappa shape index (κ1) is 8.51. The normalized spacial score (nSPS) is 9.45. The second-order valence-electron chi connectivity index (χ2n) is 2.06. The van der Waals surface area contributed by atoms with E-state index in [9.17, 15) is 4.79 Å². The zero-order chi connectivity index (χ0) is 7.94. The molecule has 0 spiro atoms. The SMILES string of the molecule is O=[C]CC[Se]c1ccccc1. The van der Waals surface area contributed by atoms with Gasteiger partial charge in [-0.15, -0.1) is 0 Å². The Balaban J connectivity index is 2.33. The van der Waals surface area contributed by atoms with Crippen LogP contribution in [0.15, 0.2) is 30.3 Å². The maximum atomic E-state index is 9.88. The second-order valence-corrected chi connectivity index (χ2v) is 4.51. The van der Waals surface area contributed by atoms with Crippen LogP contribution < -0.4 is 4.46 Å². The number of carbonyl (C=O) groups excluding carboxylic acids is 1. The summed E-state index contributed by atoms with van der Waals surface area (Å²) < 4.78 is 1.36. The van der Waals surface area contributed by atoms with Crippen molar-refractivity contribution >= 4 is 25.7 Å². The molecule has 0 aliphatic rings. The molecule has 1 radical (unpaired) electrons. The minimum absolute atomic E-state index is 0.457. The van der Waals surface area contributed by atoms with E-state index in [2.05, 4.69) is 12.1 Å². The first-order valence-electron chi connectivity index (χ1n) is 3.46. The molecule has 1 aromatic carbocycles. The van der Waals surface area contributed by atoms with Crippen LogP contribution in [0.1, 0.15) is 6.42 Å². The number of hydrogen-bond acceptors (Lipinski definition) is 1. The summed E-state index contributed by atoms with van der Waals surface area (Å²) >= 11 is 0.457. The fourth-order valence-corrected chi connectivity index (χ4v) is 2.34. The van der Waals surface area contributed by atoms with Crippen LogP contribution in [0, 0.1) is 0 Å². The molecule has 0 saturated heterocycles. The zero-order valence-electron chi connectivity index (χ0n) is 6.12. The molecular formula is C9H9OSe. The van der Waals surface area contributed by atoms with Gasteiger partial charge in [0.25, 0.3) is 0 Å². The van der Waals surface area contributed by atoms with Gasteiger partial charge in [-0.3, -0.25) is 0 Å². The summed E-state index contributed by atoms with van der Waals surface area (Å²) in [6.07, 6.45) is 2.48. The van der Waals surface area contributed by atoms with E-state index in [-0.39, 0.29) is 0 Å². The van der Waals surface area contributed by atoms with Crippen LogP contribution in [0.25, 0.3) is 0 Å². The van der Waals surface area contributed by atoms with Gasteiger partial charge in [0.2, 0.25) is 0 Å². The fraction of sp³-hybridized carbons (Fsp3) is 0.222. The van der Waals surface area contributed by atoms with Gasteiger partial charge in [-0.1, -0.05) is 0 Å². The Morgan fingerprint density at radius 2 is 2.00 bits per heavy atom. The molecule has 0 atom stereocenters. The summed E-state index contributed by atoms with van der Waals surface area (Å²) in [5.41, 5.74) is 0. The van der Waals surface area contributed by atoms with Crippen molar-refractivity contribution in [2.45, 2.75) is 11.7 Å². The Morgan fingerprint density at radius 1 is 1.27 bits per heavy atom. The van der Waals surface area contributed by atoms with Crippen LogP contribution in [0.3, 0.4) is 0 Å². The standard InChI is InChI=1S/C9H9OSe/c10-7-4-8-11-9-5-2-1-3-6-9/h1-3,5-6H,4,8H2. The van der Waals surface area contributed by atoms with E-state index in [4.69, 9.17) is 0 Å². The molecule has 0 amide bonds. The molecule has 0 unspecified atom stereocenters. The van der Waals surface area contributed by atoms with Gasteiger partial charge in [0, 0.05) is 0 Å². The quantitative estimate of drug-likeness (QED) is 0.536. The minimum atomic E-state index is 0.457. The summed E-state index contributed by atoms with van der Waals surface area (Å²) in [7, 11) is 0. The summed E-state index contributed by atoms with van der Waals surface area (Å²) in [6, 6.07) is 10.3. The molecule has 0 heterocycles. The van der Waals surface area contributed by atoms with Crippen LogP contribution in [-0.2, 0) is 4.79 Å². The predicted octanol–water partition coefficient (Wildman–Crippen LogP) is 0.934. The molecule has 0 aliphatic heterocycles. The van der Waals surface area contributed by atoms with Crippen LogP contribution in [0.2, 0.25) is 5.32 Å². The third-order valence-electron chi connectivity index (χ3n) is 1.22. The number of benzene rings is 1. The van der Waals surface area contributed by atoms with E-state index in [1.807, 2.05) is 24.5 Å². The van der Waals surface area contributed by atoms with Gasteiger partial charge in [-0.2, -0.15) is 0 Å². The zero-order valence-corrected chi connectivity index (χ0v) is 7.83.